The first-order chi connectivity index (χ1) is 2.94. The Labute approximate surface area is 43.4 Å². The van der Waals surface area contributed by atoms with Gasteiger partial charge in [0, 0.05) is 9.96 Å². The Bertz CT molecular complexity index is 53.6. The van der Waals surface area contributed by atoms with Crippen molar-refractivity contribution in [2.45, 2.75) is 32.5 Å². The van der Waals surface area contributed by atoms with Gasteiger partial charge in [-0.2, -0.15) is 0 Å². The van der Waals surface area contributed by atoms with Gasteiger partial charge in [-0.25, -0.2) is 0 Å². The van der Waals surface area contributed by atoms with Gasteiger partial charge in [0.05, 0.1) is 0 Å². The molecule has 0 N–H and O–H groups in total. The van der Waals surface area contributed by atoms with E-state index < -0.39 is 8.73 Å². The van der Waals surface area contributed by atoms with E-state index in [4.69, 9.17) is 1.23 Å². The molecule has 0 aliphatic rings. The normalized spacial score (nSPS) is 15.2. The van der Waals surface area contributed by atoms with E-state index in [-0.39, 0.29) is 0 Å². The van der Waals surface area contributed by atoms with Gasteiger partial charge in [0.2, 0.25) is 0 Å². The molecule has 0 heterocycles. The zero-order chi connectivity index (χ0) is 6.08. The first kappa shape index (κ1) is 4.38. The maximum Gasteiger partial charge on any atom is 0.0331 e. The molecule has 38 valence electrons. The third-order valence-corrected chi connectivity index (χ3v) is 3.46. The van der Waals surface area contributed by atoms with Gasteiger partial charge in [-0.05, 0) is 0 Å². The van der Waals surface area contributed by atoms with Crippen molar-refractivity contribution >= 4 is 8.73 Å². The highest BCUT2D eigenvalue weighted by Crippen LogP contribution is 2.04. The van der Waals surface area contributed by atoms with Crippen molar-refractivity contribution in [3.05, 3.63) is 0 Å². The molecule has 0 fully saturated rings. The van der Waals surface area contributed by atoms with E-state index in [2.05, 4.69) is 26.9 Å². The van der Waals surface area contributed by atoms with E-state index in [1.54, 1.807) is 0 Å². The number of hydrogen-bond acceptors (Lipinski definition) is 0. The van der Waals surface area contributed by atoms with E-state index in [1.165, 1.54) is 0 Å². The van der Waals surface area contributed by atoms with Crippen molar-refractivity contribution in [3.63, 3.8) is 0 Å². The van der Waals surface area contributed by atoms with Crippen LogP contribution in [0.15, 0.2) is 0 Å². The van der Waals surface area contributed by atoms with Crippen LogP contribution in [0.4, 0.5) is 0 Å². The van der Waals surface area contributed by atoms with Crippen molar-refractivity contribution in [1.82, 2.24) is 0 Å². The van der Waals surface area contributed by atoms with Gasteiger partial charge < -0.3 is 0 Å². The lowest BCUT2D eigenvalue weighted by atomic mass is 10.6. The Balaban J connectivity index is 3.54. The summed E-state index contributed by atoms with van der Waals surface area (Å²) in [7, 11) is -1.48. The van der Waals surface area contributed by atoms with Crippen LogP contribution in [0.1, 0.15) is 13.8 Å². The molecular weight excluding hydrogens is 88.1 g/mol. The largest absolute Gasteiger partial charge is 0.0720 e. The van der Waals surface area contributed by atoms with Crippen LogP contribution in [-0.2, 0) is 0 Å². The van der Waals surface area contributed by atoms with Crippen molar-refractivity contribution in [3.8, 4) is 0 Å². The quantitative estimate of drug-likeness (QED) is 0.444. The Hall–Kier alpha value is 0.217. The highest BCUT2D eigenvalue weighted by molar-refractivity contribution is 6.57. The predicted molar refractivity (Wildman–Crippen MR) is 34.0 cm³/mol. The molecule has 0 nitrogen and oxygen atoms in total. The van der Waals surface area contributed by atoms with Crippen molar-refractivity contribution in [2.75, 3.05) is 0 Å². The summed E-state index contributed by atoms with van der Waals surface area (Å²) in [5, 5.41) is 0. The molecular formula is C5H14Si. The van der Waals surface area contributed by atoms with E-state index in [0.29, 0.717) is 5.54 Å². The van der Waals surface area contributed by atoms with Gasteiger partial charge in [0.15, 0.2) is 0 Å². The van der Waals surface area contributed by atoms with Gasteiger partial charge in [0.25, 0.3) is 0 Å². The minimum absolute atomic E-state index is 0.604. The summed E-state index contributed by atoms with van der Waals surface area (Å²) < 4.78 is 7.53. The molecule has 0 aliphatic heterocycles. The second-order valence-corrected chi connectivity index (χ2v) is 5.54. The summed E-state index contributed by atoms with van der Waals surface area (Å²) in [6, 6.07) is 0. The molecule has 0 spiro atoms. The van der Waals surface area contributed by atoms with Gasteiger partial charge in [-0.3, -0.25) is 0 Å². The van der Waals surface area contributed by atoms with Crippen LogP contribution in [0.2, 0.25) is 18.6 Å². The number of rotatable bonds is 1. The van der Waals surface area contributed by atoms with Crippen molar-refractivity contribution in [2.24, 2.45) is 0 Å². The van der Waals surface area contributed by atoms with Crippen LogP contribution in [0, 0.1) is 0 Å². The monoisotopic (exact) mass is 103 g/mol. The summed E-state index contributed by atoms with van der Waals surface area (Å²) in [5.74, 6) is 0. The Morgan fingerprint density at radius 1 is 1.50 bits per heavy atom. The molecule has 0 bridgehead atoms. The SMILES string of the molecule is [2H][Si](C)(C)C(C)C. The zero-order valence-corrected chi connectivity index (χ0v) is 6.08. The molecule has 0 atom stereocenters. The standard InChI is InChI=1S/C5H14Si/c1-5(2)6(3)4/h5-6H,1-4H3/i6D. The lowest BCUT2D eigenvalue weighted by Crippen LogP contribution is -2.03. The summed E-state index contributed by atoms with van der Waals surface area (Å²) in [4.78, 5) is 0. The van der Waals surface area contributed by atoms with E-state index in [0.717, 1.165) is 0 Å². The molecule has 0 aromatic rings. The fourth-order valence-corrected chi connectivity index (χ4v) is 0. The van der Waals surface area contributed by atoms with Crippen LogP contribution in [0.3, 0.4) is 0 Å². The maximum atomic E-state index is 7.53. The van der Waals surface area contributed by atoms with Gasteiger partial charge in [-0.15, -0.1) is 0 Å². The average Bonchev–Trinajstić information content (AvgIpc) is 1.31. The maximum absolute atomic E-state index is 7.53. The second-order valence-electron chi connectivity index (χ2n) is 2.23. The summed E-state index contributed by atoms with van der Waals surface area (Å²) >= 11 is 0. The average molecular weight is 103 g/mol. The lowest BCUT2D eigenvalue weighted by molar-refractivity contribution is 1.04. The molecule has 0 saturated carbocycles. The minimum Gasteiger partial charge on any atom is -0.0720 e. The van der Waals surface area contributed by atoms with Crippen molar-refractivity contribution < 1.29 is 0 Å². The van der Waals surface area contributed by atoms with Gasteiger partial charge in [-0.1, -0.05) is 32.5 Å². The summed E-state index contributed by atoms with van der Waals surface area (Å²) in [5.41, 5.74) is 0.604. The van der Waals surface area contributed by atoms with E-state index >= 15 is 0 Å². The topological polar surface area (TPSA) is 0 Å². The third-order valence-electron chi connectivity index (χ3n) is 1.15. The number of hydrogen-bond donors (Lipinski definition) is 0. The summed E-state index contributed by atoms with van der Waals surface area (Å²) in [6.45, 7) is 8.38. The van der Waals surface area contributed by atoms with Crippen LogP contribution in [0.5, 0.6) is 0 Å². The first-order valence-electron chi connectivity index (χ1n) is 2.94. The molecule has 0 aliphatic carbocycles. The molecule has 0 aromatic carbocycles. The summed E-state index contributed by atoms with van der Waals surface area (Å²) in [6.07, 6.45) is 0. The Morgan fingerprint density at radius 2 is 1.67 bits per heavy atom. The first-order valence-corrected chi connectivity index (χ1v) is 5.02. The van der Waals surface area contributed by atoms with E-state index in [9.17, 15) is 0 Å². The molecule has 0 rings (SSSR count). The van der Waals surface area contributed by atoms with Gasteiger partial charge >= 0.3 is 0 Å². The molecule has 1 heteroatoms. The molecule has 0 unspecified atom stereocenters. The van der Waals surface area contributed by atoms with Gasteiger partial charge in [0.1, 0.15) is 0 Å². The molecule has 6 heavy (non-hydrogen) atoms. The van der Waals surface area contributed by atoms with Crippen LogP contribution >= 0.6 is 0 Å². The highest BCUT2D eigenvalue weighted by atomic mass is 28.3. The second kappa shape index (κ2) is 2.40. The van der Waals surface area contributed by atoms with Crippen LogP contribution in [-0.4, -0.2) is 9.96 Å². The Morgan fingerprint density at radius 3 is 1.67 bits per heavy atom. The molecule has 0 aromatic heterocycles. The van der Waals surface area contributed by atoms with Crippen molar-refractivity contribution in [1.29, 1.82) is 1.23 Å². The molecule has 0 saturated heterocycles. The predicted octanol–water partition coefficient (Wildman–Crippen LogP) is 1.88. The lowest BCUT2D eigenvalue weighted by Gasteiger charge is -2.03. The highest BCUT2D eigenvalue weighted by Gasteiger charge is 1.97. The zero-order valence-electron chi connectivity index (χ0n) is 6.08. The minimum atomic E-state index is -1.48. The Kier molecular flexibility index (Phi) is 1.75. The molecule has 0 amide bonds. The fraction of sp³-hybridized carbons (Fsp3) is 1.00. The molecule has 0 radical (unpaired) electrons. The van der Waals surface area contributed by atoms with Crippen LogP contribution in [0.25, 0.3) is 0 Å². The third kappa shape index (κ3) is 2.45. The smallest absolute Gasteiger partial charge is 0.0331 e. The van der Waals surface area contributed by atoms with Crippen LogP contribution < -0.4 is 0 Å². The fourth-order valence-electron chi connectivity index (χ4n) is 0. The van der Waals surface area contributed by atoms with E-state index in [1.807, 2.05) is 0 Å².